The summed E-state index contributed by atoms with van der Waals surface area (Å²) in [5, 5.41) is 3.09. The van der Waals surface area contributed by atoms with Gasteiger partial charge in [0.15, 0.2) is 0 Å². The lowest BCUT2D eigenvalue weighted by Crippen LogP contribution is -2.25. The molecule has 0 aliphatic carbocycles. The summed E-state index contributed by atoms with van der Waals surface area (Å²) in [5.41, 5.74) is 0. The van der Waals surface area contributed by atoms with Crippen LogP contribution < -0.4 is 10.2 Å². The summed E-state index contributed by atoms with van der Waals surface area (Å²) in [7, 11) is 1.89. The van der Waals surface area contributed by atoms with Crippen LogP contribution in [0, 0.1) is 0 Å². The molecule has 0 amide bonds. The van der Waals surface area contributed by atoms with E-state index in [0.29, 0.717) is 0 Å². The first-order chi connectivity index (χ1) is 7.74. The van der Waals surface area contributed by atoms with Gasteiger partial charge in [-0.05, 0) is 13.3 Å². The fraction of sp³-hybridized carbons (Fsp3) is 0.667. The summed E-state index contributed by atoms with van der Waals surface area (Å²) in [4.78, 5) is 11.2. The van der Waals surface area contributed by atoms with Crippen LogP contribution in [0.5, 0.6) is 0 Å². The number of aromatic nitrogens is 2. The minimum atomic E-state index is 0.867. The molecular weight excluding hydrogens is 200 g/mol. The van der Waals surface area contributed by atoms with Crippen molar-refractivity contribution in [3.63, 3.8) is 0 Å². The Kier molecular flexibility index (Phi) is 5.02. The number of hydrogen-bond acceptors (Lipinski definition) is 4. The Balaban J connectivity index is 3.00. The highest BCUT2D eigenvalue weighted by Gasteiger charge is 2.08. The van der Waals surface area contributed by atoms with Gasteiger partial charge in [0.1, 0.15) is 17.5 Å². The maximum absolute atomic E-state index is 4.56. The third-order valence-electron chi connectivity index (χ3n) is 2.53. The second kappa shape index (κ2) is 6.30. The molecule has 1 N–H and O–H groups in total. The topological polar surface area (TPSA) is 41.0 Å². The van der Waals surface area contributed by atoms with Crippen LogP contribution in [0.25, 0.3) is 0 Å². The lowest BCUT2D eigenvalue weighted by atomic mass is 10.3. The van der Waals surface area contributed by atoms with Crippen LogP contribution in [0.15, 0.2) is 6.07 Å². The van der Waals surface area contributed by atoms with Gasteiger partial charge in [0, 0.05) is 32.6 Å². The van der Waals surface area contributed by atoms with Crippen molar-refractivity contribution in [2.45, 2.75) is 33.6 Å². The van der Waals surface area contributed by atoms with E-state index >= 15 is 0 Å². The second-order valence-electron chi connectivity index (χ2n) is 3.71. The number of rotatable bonds is 6. The highest BCUT2D eigenvalue weighted by Crippen LogP contribution is 2.16. The summed E-state index contributed by atoms with van der Waals surface area (Å²) in [6.45, 7) is 8.44. The van der Waals surface area contributed by atoms with Crippen LogP contribution >= 0.6 is 0 Å². The third-order valence-corrected chi connectivity index (χ3v) is 2.53. The molecule has 0 saturated carbocycles. The van der Waals surface area contributed by atoms with E-state index in [4.69, 9.17) is 0 Å². The van der Waals surface area contributed by atoms with Crippen LogP contribution in [0.2, 0.25) is 0 Å². The van der Waals surface area contributed by atoms with Gasteiger partial charge in [-0.25, -0.2) is 9.97 Å². The molecular formula is C12H22N4. The number of aryl methyl sites for hydroxylation is 1. The Morgan fingerprint density at radius 3 is 2.50 bits per heavy atom. The van der Waals surface area contributed by atoms with E-state index in [1.165, 1.54) is 0 Å². The van der Waals surface area contributed by atoms with Crippen LogP contribution in [0.1, 0.15) is 33.0 Å². The first kappa shape index (κ1) is 12.7. The predicted octanol–water partition coefficient (Wildman–Crippen LogP) is 2.32. The molecule has 1 aromatic heterocycles. The third kappa shape index (κ3) is 3.08. The van der Waals surface area contributed by atoms with Gasteiger partial charge in [0.25, 0.3) is 0 Å². The smallest absolute Gasteiger partial charge is 0.134 e. The Labute approximate surface area is 98.1 Å². The van der Waals surface area contributed by atoms with E-state index in [1.54, 1.807) is 0 Å². The van der Waals surface area contributed by atoms with E-state index in [-0.39, 0.29) is 0 Å². The van der Waals surface area contributed by atoms with E-state index in [2.05, 4.69) is 41.0 Å². The van der Waals surface area contributed by atoms with E-state index in [0.717, 1.165) is 43.4 Å². The maximum Gasteiger partial charge on any atom is 0.134 e. The van der Waals surface area contributed by atoms with Crippen LogP contribution in [-0.2, 0) is 6.42 Å². The number of nitrogens with zero attached hydrogens (tertiary/aromatic N) is 3. The van der Waals surface area contributed by atoms with E-state index in [1.807, 2.05) is 13.1 Å². The molecule has 0 aliphatic heterocycles. The zero-order valence-electron chi connectivity index (χ0n) is 10.7. The van der Waals surface area contributed by atoms with Gasteiger partial charge in [-0.2, -0.15) is 0 Å². The summed E-state index contributed by atoms with van der Waals surface area (Å²) in [6.07, 6.45) is 2.00. The Bertz CT molecular complexity index is 303. The van der Waals surface area contributed by atoms with Crippen LogP contribution in [0.4, 0.5) is 11.6 Å². The van der Waals surface area contributed by atoms with Crippen LogP contribution in [0.3, 0.4) is 0 Å². The van der Waals surface area contributed by atoms with Crippen molar-refractivity contribution < 1.29 is 0 Å². The molecule has 0 spiro atoms. The van der Waals surface area contributed by atoms with Crippen molar-refractivity contribution in [1.29, 1.82) is 0 Å². The Morgan fingerprint density at radius 2 is 2.00 bits per heavy atom. The number of nitrogens with one attached hydrogen (secondary N) is 1. The summed E-state index contributed by atoms with van der Waals surface area (Å²) < 4.78 is 0. The molecule has 0 bridgehead atoms. The van der Waals surface area contributed by atoms with Gasteiger partial charge in [-0.15, -0.1) is 0 Å². The molecule has 1 rings (SSSR count). The number of hydrogen-bond donors (Lipinski definition) is 1. The van der Waals surface area contributed by atoms with Gasteiger partial charge >= 0.3 is 0 Å². The molecule has 16 heavy (non-hydrogen) atoms. The Hall–Kier alpha value is -1.32. The molecule has 1 aromatic rings. The molecule has 4 heteroatoms. The van der Waals surface area contributed by atoms with Gasteiger partial charge in [0.05, 0.1) is 0 Å². The average molecular weight is 222 g/mol. The largest absolute Gasteiger partial charge is 0.373 e. The monoisotopic (exact) mass is 222 g/mol. The molecule has 0 unspecified atom stereocenters. The van der Waals surface area contributed by atoms with Crippen molar-refractivity contribution in [3.8, 4) is 0 Å². The fourth-order valence-electron chi connectivity index (χ4n) is 1.64. The zero-order chi connectivity index (χ0) is 12.0. The van der Waals surface area contributed by atoms with Crippen molar-refractivity contribution in [2.24, 2.45) is 0 Å². The molecule has 0 atom stereocenters. The predicted molar refractivity (Wildman–Crippen MR) is 69.1 cm³/mol. The molecule has 0 radical (unpaired) electrons. The van der Waals surface area contributed by atoms with E-state index < -0.39 is 0 Å². The maximum atomic E-state index is 4.56. The van der Waals surface area contributed by atoms with E-state index in [9.17, 15) is 0 Å². The highest BCUT2D eigenvalue weighted by molar-refractivity contribution is 5.49. The van der Waals surface area contributed by atoms with Crippen LogP contribution in [-0.4, -0.2) is 30.1 Å². The SMILES string of the molecule is CCCN(CC)c1cc(NC)nc(CC)n1. The summed E-state index contributed by atoms with van der Waals surface area (Å²) in [5.74, 6) is 2.83. The molecule has 0 fully saturated rings. The molecule has 0 aliphatic rings. The molecule has 0 saturated heterocycles. The van der Waals surface area contributed by atoms with Crippen molar-refractivity contribution in [1.82, 2.24) is 9.97 Å². The number of anilines is 2. The average Bonchev–Trinajstić information content (AvgIpc) is 2.35. The normalized spacial score (nSPS) is 10.2. The minimum absolute atomic E-state index is 0.867. The highest BCUT2D eigenvalue weighted by atomic mass is 15.2. The van der Waals surface area contributed by atoms with Crippen molar-refractivity contribution in [3.05, 3.63) is 11.9 Å². The van der Waals surface area contributed by atoms with Gasteiger partial charge in [-0.3, -0.25) is 0 Å². The lowest BCUT2D eigenvalue weighted by Gasteiger charge is -2.22. The first-order valence-corrected chi connectivity index (χ1v) is 6.05. The lowest BCUT2D eigenvalue weighted by molar-refractivity contribution is 0.768. The summed E-state index contributed by atoms with van der Waals surface area (Å²) >= 11 is 0. The molecule has 4 nitrogen and oxygen atoms in total. The van der Waals surface area contributed by atoms with Crippen molar-refractivity contribution in [2.75, 3.05) is 30.4 Å². The van der Waals surface area contributed by atoms with Gasteiger partial charge in [-0.1, -0.05) is 13.8 Å². The summed E-state index contributed by atoms with van der Waals surface area (Å²) in [6, 6.07) is 2.01. The molecule has 1 heterocycles. The van der Waals surface area contributed by atoms with Gasteiger partial charge in [0.2, 0.25) is 0 Å². The standard InChI is InChI=1S/C12H22N4/c1-5-8-16(7-3)12-9-11(13-4)14-10(6-2)15-12/h9H,5-8H2,1-4H3,(H,13,14,15). The zero-order valence-corrected chi connectivity index (χ0v) is 10.7. The second-order valence-corrected chi connectivity index (χ2v) is 3.71. The van der Waals surface area contributed by atoms with Crippen molar-refractivity contribution >= 4 is 11.6 Å². The quantitative estimate of drug-likeness (QED) is 0.802. The fourth-order valence-corrected chi connectivity index (χ4v) is 1.64. The molecule has 90 valence electrons. The Morgan fingerprint density at radius 1 is 1.25 bits per heavy atom. The first-order valence-electron chi connectivity index (χ1n) is 6.05. The van der Waals surface area contributed by atoms with Gasteiger partial charge < -0.3 is 10.2 Å². The molecule has 0 aromatic carbocycles. The minimum Gasteiger partial charge on any atom is -0.373 e.